The zero-order valence-corrected chi connectivity index (χ0v) is 20.0. The molecule has 1 saturated heterocycles. The van der Waals surface area contributed by atoms with E-state index in [1.54, 1.807) is 44.2 Å². The number of hydrogen-bond donors (Lipinski definition) is 2. The van der Waals surface area contributed by atoms with E-state index in [4.69, 9.17) is 18.7 Å². The number of carbonyl (C=O) groups excluding carboxylic acids is 3. The third-order valence-electron chi connectivity index (χ3n) is 6.17. The predicted molar refractivity (Wildman–Crippen MR) is 124 cm³/mol. The molecule has 2 aromatic rings. The molecule has 2 aliphatic heterocycles. The minimum absolute atomic E-state index is 0.0950. The Morgan fingerprint density at radius 3 is 2.83 bits per heavy atom. The molecule has 3 amide bonds. The Labute approximate surface area is 203 Å². The monoisotopic (exact) mass is 486 g/mol. The van der Waals surface area contributed by atoms with E-state index in [1.807, 2.05) is 0 Å². The Morgan fingerprint density at radius 1 is 1.26 bits per heavy atom. The zero-order valence-electron chi connectivity index (χ0n) is 20.0. The minimum Gasteiger partial charge on any atom is -0.490 e. The van der Waals surface area contributed by atoms with Gasteiger partial charge in [-0.05, 0) is 38.0 Å². The van der Waals surface area contributed by atoms with Gasteiger partial charge in [-0.15, -0.1) is 0 Å². The second-order valence-corrected chi connectivity index (χ2v) is 8.70. The molecular formula is C24H30N4O7. The van der Waals surface area contributed by atoms with Crippen LogP contribution in [-0.4, -0.2) is 79.9 Å². The minimum atomic E-state index is -0.438. The molecule has 188 valence electrons. The molecule has 0 spiro atoms. The van der Waals surface area contributed by atoms with Crippen LogP contribution in [0, 0.1) is 6.92 Å². The SMILES string of the molecule is COCCNC(=O)C[C@@H]1CC[C@H]2[C@H](COc3ccc(NC(=O)c4cc(C)on4)cc3C(=O)N2C)O1. The molecule has 4 rings (SSSR count). The van der Waals surface area contributed by atoms with Gasteiger partial charge in [0.05, 0.1) is 30.7 Å². The number of likely N-dealkylation sites (N-methyl/N-ethyl adjacent to an activating group) is 1. The lowest BCUT2D eigenvalue weighted by Gasteiger charge is -2.42. The van der Waals surface area contributed by atoms with Crippen LogP contribution < -0.4 is 15.4 Å². The quantitative estimate of drug-likeness (QED) is 0.566. The van der Waals surface area contributed by atoms with Gasteiger partial charge in [-0.2, -0.15) is 0 Å². The fourth-order valence-electron chi connectivity index (χ4n) is 4.35. The van der Waals surface area contributed by atoms with Gasteiger partial charge in [0.15, 0.2) is 5.69 Å². The van der Waals surface area contributed by atoms with Crippen molar-refractivity contribution in [2.75, 3.05) is 39.2 Å². The summed E-state index contributed by atoms with van der Waals surface area (Å²) in [6.45, 7) is 2.84. The Morgan fingerprint density at radius 2 is 2.09 bits per heavy atom. The van der Waals surface area contributed by atoms with Crippen molar-refractivity contribution >= 4 is 23.4 Å². The average molecular weight is 487 g/mol. The van der Waals surface area contributed by atoms with Crippen LogP contribution in [0.15, 0.2) is 28.8 Å². The molecule has 2 aliphatic rings. The molecule has 3 heterocycles. The van der Waals surface area contributed by atoms with E-state index in [0.717, 1.165) is 0 Å². The van der Waals surface area contributed by atoms with E-state index in [1.165, 1.54) is 6.07 Å². The topological polar surface area (TPSA) is 132 Å². The summed E-state index contributed by atoms with van der Waals surface area (Å²) < 4.78 is 22.0. The van der Waals surface area contributed by atoms with Crippen molar-refractivity contribution in [3.63, 3.8) is 0 Å². The van der Waals surface area contributed by atoms with Crippen molar-refractivity contribution in [2.24, 2.45) is 0 Å². The lowest BCUT2D eigenvalue weighted by Crippen LogP contribution is -2.54. The molecule has 11 nitrogen and oxygen atoms in total. The van der Waals surface area contributed by atoms with Crippen LogP contribution in [-0.2, 0) is 14.3 Å². The summed E-state index contributed by atoms with van der Waals surface area (Å²) in [5.41, 5.74) is 0.939. The Hall–Kier alpha value is -3.44. The third-order valence-corrected chi connectivity index (χ3v) is 6.17. The second kappa shape index (κ2) is 10.9. The van der Waals surface area contributed by atoms with Crippen LogP contribution in [0.4, 0.5) is 5.69 Å². The van der Waals surface area contributed by atoms with Gasteiger partial charge in [-0.25, -0.2) is 0 Å². The number of aromatic nitrogens is 1. The first-order chi connectivity index (χ1) is 16.9. The number of amides is 3. The van der Waals surface area contributed by atoms with Crippen molar-refractivity contribution in [3.8, 4) is 5.75 Å². The molecular weight excluding hydrogens is 456 g/mol. The highest BCUT2D eigenvalue weighted by molar-refractivity contribution is 6.04. The largest absolute Gasteiger partial charge is 0.490 e. The number of benzene rings is 1. The summed E-state index contributed by atoms with van der Waals surface area (Å²) in [6, 6.07) is 6.24. The van der Waals surface area contributed by atoms with Crippen LogP contribution >= 0.6 is 0 Å². The molecule has 11 heteroatoms. The van der Waals surface area contributed by atoms with Crippen molar-refractivity contribution in [1.29, 1.82) is 0 Å². The fraction of sp³-hybridized carbons (Fsp3) is 0.500. The van der Waals surface area contributed by atoms with Crippen LogP contribution in [0.5, 0.6) is 5.75 Å². The molecule has 0 bridgehead atoms. The van der Waals surface area contributed by atoms with Crippen LogP contribution in [0.1, 0.15) is 45.9 Å². The molecule has 0 unspecified atom stereocenters. The van der Waals surface area contributed by atoms with Gasteiger partial charge in [0.25, 0.3) is 11.8 Å². The van der Waals surface area contributed by atoms with E-state index in [9.17, 15) is 14.4 Å². The fourth-order valence-corrected chi connectivity index (χ4v) is 4.35. The zero-order chi connectivity index (χ0) is 24.9. The predicted octanol–water partition coefficient (Wildman–Crippen LogP) is 1.77. The Kier molecular flexibility index (Phi) is 7.67. The molecule has 1 fully saturated rings. The van der Waals surface area contributed by atoms with Crippen molar-refractivity contribution < 1.29 is 33.1 Å². The molecule has 0 radical (unpaired) electrons. The van der Waals surface area contributed by atoms with Crippen molar-refractivity contribution in [2.45, 2.75) is 44.4 Å². The number of fused-ring (bicyclic) bond motifs is 2. The number of anilines is 1. The van der Waals surface area contributed by atoms with Gasteiger partial charge < -0.3 is 34.3 Å². The molecule has 1 aromatic carbocycles. The van der Waals surface area contributed by atoms with Crippen molar-refractivity contribution in [1.82, 2.24) is 15.4 Å². The van der Waals surface area contributed by atoms with E-state index in [0.29, 0.717) is 48.8 Å². The number of hydrogen-bond acceptors (Lipinski definition) is 8. The number of nitrogens with one attached hydrogen (secondary N) is 2. The smallest absolute Gasteiger partial charge is 0.277 e. The highest BCUT2D eigenvalue weighted by atomic mass is 16.5. The average Bonchev–Trinajstić information content (AvgIpc) is 3.28. The maximum atomic E-state index is 13.3. The third kappa shape index (κ3) is 5.80. The number of carbonyl (C=O) groups is 3. The second-order valence-electron chi connectivity index (χ2n) is 8.70. The summed E-state index contributed by atoms with van der Waals surface area (Å²) >= 11 is 0. The first-order valence-corrected chi connectivity index (χ1v) is 11.6. The van der Waals surface area contributed by atoms with E-state index >= 15 is 0 Å². The van der Waals surface area contributed by atoms with Crippen LogP contribution in [0.2, 0.25) is 0 Å². The van der Waals surface area contributed by atoms with Crippen molar-refractivity contribution in [3.05, 3.63) is 41.3 Å². The highest BCUT2D eigenvalue weighted by Crippen LogP contribution is 2.32. The van der Waals surface area contributed by atoms with Crippen LogP contribution in [0.3, 0.4) is 0 Å². The summed E-state index contributed by atoms with van der Waals surface area (Å²) in [5, 5.41) is 9.25. The Balaban J connectivity index is 1.43. The van der Waals surface area contributed by atoms with Crippen LogP contribution in [0.25, 0.3) is 0 Å². The van der Waals surface area contributed by atoms with Gasteiger partial charge in [0, 0.05) is 32.5 Å². The molecule has 1 aromatic heterocycles. The summed E-state index contributed by atoms with van der Waals surface area (Å²) in [4.78, 5) is 39.6. The number of nitrogens with zero attached hydrogens (tertiary/aromatic N) is 2. The number of aryl methyl sites for hydroxylation is 1. The Bertz CT molecular complexity index is 1090. The number of rotatable bonds is 7. The van der Waals surface area contributed by atoms with Gasteiger partial charge in [0.2, 0.25) is 5.91 Å². The summed E-state index contributed by atoms with van der Waals surface area (Å²) in [6.07, 6.45) is 0.968. The first-order valence-electron chi connectivity index (χ1n) is 11.6. The van der Waals surface area contributed by atoms with E-state index in [2.05, 4.69) is 15.8 Å². The maximum absolute atomic E-state index is 13.3. The first kappa shape index (κ1) is 24.7. The van der Waals surface area contributed by atoms with E-state index in [-0.39, 0.29) is 48.8 Å². The van der Waals surface area contributed by atoms with Gasteiger partial charge in [-0.3, -0.25) is 14.4 Å². The normalized spacial score (nSPS) is 21.7. The summed E-state index contributed by atoms with van der Waals surface area (Å²) in [7, 11) is 3.32. The van der Waals surface area contributed by atoms with Gasteiger partial charge in [0.1, 0.15) is 24.2 Å². The molecule has 0 saturated carbocycles. The number of ether oxygens (including phenoxy) is 3. The highest BCUT2D eigenvalue weighted by Gasteiger charge is 2.39. The molecule has 3 atom stereocenters. The van der Waals surface area contributed by atoms with Gasteiger partial charge >= 0.3 is 0 Å². The summed E-state index contributed by atoms with van der Waals surface area (Å²) in [5.74, 6) is 0.160. The molecule has 0 aliphatic carbocycles. The lowest BCUT2D eigenvalue weighted by atomic mass is 9.94. The maximum Gasteiger partial charge on any atom is 0.277 e. The number of methoxy groups -OCH3 is 1. The van der Waals surface area contributed by atoms with E-state index < -0.39 is 5.91 Å². The van der Waals surface area contributed by atoms with Gasteiger partial charge in [-0.1, -0.05) is 5.16 Å². The molecule has 2 N–H and O–H groups in total. The standard InChI is InChI=1S/C24H30N4O7/c1-14-10-18(27-35-14)23(30)26-15-4-7-20-17(11-15)24(31)28(2)19-6-5-16(34-21(19)13-33-20)12-22(29)25-8-9-32-3/h4,7,10-11,16,19,21H,5-6,8-9,12-13H2,1-3H3,(H,25,29)(H,26,30)/t16-,19-,21-/m0/s1. The molecule has 35 heavy (non-hydrogen) atoms. The lowest BCUT2D eigenvalue weighted by molar-refractivity contribution is -0.134.